The topological polar surface area (TPSA) is 63.4 Å². The zero-order valence-electron chi connectivity index (χ0n) is 9.68. The molecule has 0 saturated heterocycles. The number of nitrogen functional groups attached to an aromatic ring is 1. The monoisotopic (exact) mass is 242 g/mol. The van der Waals surface area contributed by atoms with Crippen molar-refractivity contribution in [1.29, 1.82) is 0 Å². The van der Waals surface area contributed by atoms with Gasteiger partial charge >= 0.3 is 0 Å². The minimum absolute atomic E-state index is 0.212. The quantitative estimate of drug-likeness (QED) is 0.786. The molecule has 0 spiro atoms. The van der Waals surface area contributed by atoms with Gasteiger partial charge in [-0.1, -0.05) is 12.1 Å². The van der Waals surface area contributed by atoms with Gasteiger partial charge in [0.1, 0.15) is 9.84 Å². The fourth-order valence-electron chi connectivity index (χ4n) is 1.52. The van der Waals surface area contributed by atoms with Crippen LogP contribution in [0.2, 0.25) is 0 Å². The van der Waals surface area contributed by atoms with Gasteiger partial charge in [-0.25, -0.2) is 8.42 Å². The predicted molar refractivity (Wildman–Crippen MR) is 68.5 cm³/mol. The maximum Gasteiger partial charge on any atom is 0.147 e. The number of hydrogen-bond acceptors (Lipinski definition) is 4. The second-order valence-corrected chi connectivity index (χ2v) is 6.22. The van der Waals surface area contributed by atoms with Crippen LogP contribution in [0.25, 0.3) is 0 Å². The number of sulfone groups is 1. The van der Waals surface area contributed by atoms with Crippen LogP contribution in [0, 0.1) is 0 Å². The highest BCUT2D eigenvalue weighted by molar-refractivity contribution is 7.90. The van der Waals surface area contributed by atoms with E-state index in [2.05, 4.69) is 0 Å². The van der Waals surface area contributed by atoms with Crippen molar-refractivity contribution in [3.05, 3.63) is 24.3 Å². The molecular formula is C11H18N2O2S. The van der Waals surface area contributed by atoms with Gasteiger partial charge in [0.05, 0.1) is 17.1 Å². The molecule has 0 aromatic heterocycles. The van der Waals surface area contributed by atoms with E-state index in [0.717, 1.165) is 5.69 Å². The highest BCUT2D eigenvalue weighted by Crippen LogP contribution is 2.20. The third-order valence-corrected chi connectivity index (χ3v) is 3.39. The molecule has 0 amide bonds. The van der Waals surface area contributed by atoms with Crippen molar-refractivity contribution in [2.45, 2.75) is 6.42 Å². The van der Waals surface area contributed by atoms with E-state index in [-0.39, 0.29) is 5.75 Å². The Labute approximate surface area is 97.0 Å². The molecule has 0 unspecified atom stereocenters. The Hall–Kier alpha value is -1.23. The molecule has 0 heterocycles. The van der Waals surface area contributed by atoms with Gasteiger partial charge in [-0.15, -0.1) is 0 Å². The summed E-state index contributed by atoms with van der Waals surface area (Å²) in [5, 5.41) is 0. The molecule has 0 bridgehead atoms. The Morgan fingerprint density at radius 1 is 1.31 bits per heavy atom. The normalized spacial score (nSPS) is 11.4. The van der Waals surface area contributed by atoms with E-state index in [4.69, 9.17) is 5.73 Å². The van der Waals surface area contributed by atoms with Crippen LogP contribution in [0.4, 0.5) is 11.4 Å². The average molecular weight is 242 g/mol. The molecule has 0 aliphatic rings. The van der Waals surface area contributed by atoms with Crippen LogP contribution in [0.1, 0.15) is 6.42 Å². The van der Waals surface area contributed by atoms with Crippen molar-refractivity contribution in [1.82, 2.24) is 0 Å². The second kappa shape index (κ2) is 5.21. The van der Waals surface area contributed by atoms with Crippen LogP contribution in [0.15, 0.2) is 24.3 Å². The zero-order valence-corrected chi connectivity index (χ0v) is 10.5. The molecule has 5 heteroatoms. The highest BCUT2D eigenvalue weighted by Gasteiger charge is 2.06. The minimum atomic E-state index is -2.87. The maximum absolute atomic E-state index is 11.0. The van der Waals surface area contributed by atoms with Gasteiger partial charge in [0.2, 0.25) is 0 Å². The van der Waals surface area contributed by atoms with E-state index in [1.807, 2.05) is 36.2 Å². The molecule has 1 rings (SSSR count). The molecular weight excluding hydrogens is 224 g/mol. The van der Waals surface area contributed by atoms with Crippen molar-refractivity contribution in [3.63, 3.8) is 0 Å². The lowest BCUT2D eigenvalue weighted by atomic mass is 10.2. The fourth-order valence-corrected chi connectivity index (χ4v) is 2.17. The van der Waals surface area contributed by atoms with Gasteiger partial charge in [-0.3, -0.25) is 0 Å². The second-order valence-electron chi connectivity index (χ2n) is 3.96. The SMILES string of the molecule is CN(CCCS(C)(=O)=O)c1ccccc1N. The summed E-state index contributed by atoms with van der Waals surface area (Å²) in [5.74, 6) is 0.212. The number of hydrogen-bond donors (Lipinski definition) is 1. The molecule has 90 valence electrons. The summed E-state index contributed by atoms with van der Waals surface area (Å²) in [6, 6.07) is 7.56. The predicted octanol–water partition coefficient (Wildman–Crippen LogP) is 1.14. The van der Waals surface area contributed by atoms with Gasteiger partial charge in [0.15, 0.2) is 0 Å². The third kappa shape index (κ3) is 4.10. The van der Waals surface area contributed by atoms with Crippen molar-refractivity contribution in [2.24, 2.45) is 0 Å². The molecule has 1 aromatic carbocycles. The molecule has 0 fully saturated rings. The first kappa shape index (κ1) is 12.8. The van der Waals surface area contributed by atoms with E-state index in [9.17, 15) is 8.42 Å². The standard InChI is InChI=1S/C11H18N2O2S/c1-13(8-5-9-16(2,14)15)11-7-4-3-6-10(11)12/h3-4,6-7H,5,8-9,12H2,1-2H3. The van der Waals surface area contributed by atoms with Crippen LogP contribution >= 0.6 is 0 Å². The van der Waals surface area contributed by atoms with Crippen molar-refractivity contribution in [2.75, 3.05) is 36.2 Å². The molecule has 2 N–H and O–H groups in total. The lowest BCUT2D eigenvalue weighted by molar-refractivity contribution is 0.599. The summed E-state index contributed by atoms with van der Waals surface area (Å²) in [4.78, 5) is 1.97. The average Bonchev–Trinajstić information content (AvgIpc) is 2.16. The zero-order chi connectivity index (χ0) is 12.2. The van der Waals surface area contributed by atoms with Gasteiger partial charge in [0, 0.05) is 19.8 Å². The summed E-state index contributed by atoms with van der Waals surface area (Å²) in [7, 11) is -0.959. The van der Waals surface area contributed by atoms with E-state index in [1.165, 1.54) is 6.26 Å². The Morgan fingerprint density at radius 2 is 1.94 bits per heavy atom. The van der Waals surface area contributed by atoms with Gasteiger partial charge in [0.25, 0.3) is 0 Å². The van der Waals surface area contributed by atoms with Crippen LogP contribution < -0.4 is 10.6 Å². The van der Waals surface area contributed by atoms with E-state index in [1.54, 1.807) is 0 Å². The summed E-state index contributed by atoms with van der Waals surface area (Å²) in [5.41, 5.74) is 7.47. The smallest absolute Gasteiger partial charge is 0.147 e. The first-order valence-corrected chi connectivity index (χ1v) is 7.19. The Balaban J connectivity index is 2.54. The fraction of sp³-hybridized carbons (Fsp3) is 0.455. The Kier molecular flexibility index (Phi) is 4.18. The number of benzene rings is 1. The Morgan fingerprint density at radius 3 is 2.50 bits per heavy atom. The van der Waals surface area contributed by atoms with Crippen molar-refractivity contribution >= 4 is 21.2 Å². The number of rotatable bonds is 5. The van der Waals surface area contributed by atoms with E-state index in [0.29, 0.717) is 18.7 Å². The van der Waals surface area contributed by atoms with Crippen LogP contribution in [-0.4, -0.2) is 34.0 Å². The van der Waals surface area contributed by atoms with Gasteiger partial charge < -0.3 is 10.6 Å². The van der Waals surface area contributed by atoms with Crippen molar-refractivity contribution < 1.29 is 8.42 Å². The molecule has 4 nitrogen and oxygen atoms in total. The summed E-state index contributed by atoms with van der Waals surface area (Å²) in [6.07, 6.45) is 1.87. The third-order valence-electron chi connectivity index (χ3n) is 2.36. The largest absolute Gasteiger partial charge is 0.397 e. The summed E-state index contributed by atoms with van der Waals surface area (Å²) >= 11 is 0. The van der Waals surface area contributed by atoms with Crippen LogP contribution in [-0.2, 0) is 9.84 Å². The lowest BCUT2D eigenvalue weighted by Crippen LogP contribution is -2.21. The summed E-state index contributed by atoms with van der Waals surface area (Å²) in [6.45, 7) is 0.682. The van der Waals surface area contributed by atoms with Crippen LogP contribution in [0.3, 0.4) is 0 Å². The molecule has 0 atom stereocenters. The van der Waals surface area contributed by atoms with Gasteiger partial charge in [-0.2, -0.15) is 0 Å². The minimum Gasteiger partial charge on any atom is -0.397 e. The lowest BCUT2D eigenvalue weighted by Gasteiger charge is -2.20. The first-order valence-electron chi connectivity index (χ1n) is 5.13. The first-order chi connectivity index (χ1) is 7.40. The number of nitrogens with zero attached hydrogens (tertiary/aromatic N) is 1. The van der Waals surface area contributed by atoms with E-state index >= 15 is 0 Å². The number of nitrogens with two attached hydrogens (primary N) is 1. The van der Waals surface area contributed by atoms with E-state index < -0.39 is 9.84 Å². The number of anilines is 2. The molecule has 1 aromatic rings. The van der Waals surface area contributed by atoms with Crippen molar-refractivity contribution in [3.8, 4) is 0 Å². The maximum atomic E-state index is 11.0. The molecule has 16 heavy (non-hydrogen) atoms. The van der Waals surface area contributed by atoms with Gasteiger partial charge in [-0.05, 0) is 18.6 Å². The van der Waals surface area contributed by atoms with Crippen LogP contribution in [0.5, 0.6) is 0 Å². The molecule has 0 radical (unpaired) electrons. The Bertz CT molecular complexity index is 443. The number of para-hydroxylation sites is 2. The molecule has 0 aliphatic carbocycles. The molecule has 0 saturated carbocycles. The molecule has 0 aliphatic heterocycles. The summed E-state index contributed by atoms with van der Waals surface area (Å²) < 4.78 is 21.9. The highest BCUT2D eigenvalue weighted by atomic mass is 32.2.